The fourth-order valence-corrected chi connectivity index (χ4v) is 2.88. The lowest BCUT2D eigenvalue weighted by molar-refractivity contribution is -0.136. The largest absolute Gasteiger partial charge is 0.481 e. The zero-order chi connectivity index (χ0) is 16.9. The van der Waals surface area contributed by atoms with Crippen LogP contribution in [0.25, 0.3) is 11.3 Å². The molecule has 0 unspecified atom stereocenters. The molecular weight excluding hydrogens is 306 g/mol. The minimum absolute atomic E-state index is 0.0479. The van der Waals surface area contributed by atoms with Crippen LogP contribution < -0.4 is 0 Å². The van der Waals surface area contributed by atoms with Gasteiger partial charge in [0.25, 0.3) is 5.91 Å². The average molecular weight is 325 g/mol. The summed E-state index contributed by atoms with van der Waals surface area (Å²) in [5.74, 6) is -0.974. The molecule has 1 saturated heterocycles. The smallest absolute Gasteiger partial charge is 0.307 e. The molecule has 0 radical (unpaired) electrons. The monoisotopic (exact) mass is 325 g/mol. The number of hydrogen-bond donors (Lipinski definition) is 1. The van der Waals surface area contributed by atoms with Crippen LogP contribution in [0, 0.1) is 0 Å². The van der Waals surface area contributed by atoms with Crippen LogP contribution >= 0.6 is 0 Å². The van der Waals surface area contributed by atoms with Crippen molar-refractivity contribution < 1.29 is 14.7 Å². The molecule has 2 heterocycles. The fourth-order valence-electron chi connectivity index (χ4n) is 2.88. The molecule has 0 bridgehead atoms. The van der Waals surface area contributed by atoms with E-state index in [9.17, 15) is 9.59 Å². The Bertz CT molecular complexity index is 755. The van der Waals surface area contributed by atoms with E-state index in [1.54, 1.807) is 24.4 Å². The number of carbonyl (C=O) groups is 2. The van der Waals surface area contributed by atoms with Gasteiger partial charge in [-0.25, -0.2) is 4.98 Å². The quantitative estimate of drug-likeness (QED) is 0.933. The molecule has 1 aliphatic heterocycles. The normalized spacial score (nSPS) is 14.4. The van der Waals surface area contributed by atoms with Gasteiger partial charge in [-0.05, 0) is 30.9 Å². The number of rotatable bonds is 4. The lowest BCUT2D eigenvalue weighted by Crippen LogP contribution is -2.36. The summed E-state index contributed by atoms with van der Waals surface area (Å²) in [6.45, 7) is 1.53. The summed E-state index contributed by atoms with van der Waals surface area (Å²) >= 11 is 0. The van der Waals surface area contributed by atoms with Crippen LogP contribution in [0.1, 0.15) is 35.3 Å². The molecule has 124 valence electrons. The predicted molar refractivity (Wildman–Crippen MR) is 88.6 cm³/mol. The molecule has 1 aromatic heterocycles. The molecule has 6 heteroatoms. The number of piperidine rings is 1. The molecule has 1 aromatic carbocycles. The molecule has 1 aliphatic rings. The van der Waals surface area contributed by atoms with E-state index in [1.807, 2.05) is 11.0 Å². The number of aliphatic carboxylic acids is 1. The van der Waals surface area contributed by atoms with Crippen molar-refractivity contribution >= 4 is 11.9 Å². The van der Waals surface area contributed by atoms with Crippen molar-refractivity contribution in [2.45, 2.75) is 25.7 Å². The molecule has 1 amide bonds. The summed E-state index contributed by atoms with van der Waals surface area (Å²) in [5, 5.41) is 8.91. The van der Waals surface area contributed by atoms with Gasteiger partial charge in [-0.1, -0.05) is 18.2 Å². The van der Waals surface area contributed by atoms with Gasteiger partial charge in [-0.2, -0.15) is 0 Å². The number of hydrogen-bond acceptors (Lipinski definition) is 4. The van der Waals surface area contributed by atoms with E-state index in [0.717, 1.165) is 37.9 Å². The number of aromatic nitrogens is 2. The summed E-state index contributed by atoms with van der Waals surface area (Å²) in [4.78, 5) is 33.8. The van der Waals surface area contributed by atoms with Gasteiger partial charge in [0, 0.05) is 18.7 Å². The van der Waals surface area contributed by atoms with Crippen LogP contribution in [0.15, 0.2) is 36.7 Å². The Morgan fingerprint density at radius 2 is 1.92 bits per heavy atom. The van der Waals surface area contributed by atoms with Crippen molar-refractivity contribution in [2.24, 2.45) is 0 Å². The second-order valence-corrected chi connectivity index (χ2v) is 5.91. The SMILES string of the molecule is O=C(O)Cc1cccc(-c2cncc(C(=O)N3CCCCC3)n2)c1. The summed E-state index contributed by atoms with van der Waals surface area (Å²) in [6, 6.07) is 7.15. The first-order chi connectivity index (χ1) is 11.6. The van der Waals surface area contributed by atoms with Crippen molar-refractivity contribution in [2.75, 3.05) is 13.1 Å². The van der Waals surface area contributed by atoms with Gasteiger partial charge < -0.3 is 10.0 Å². The first-order valence-corrected chi connectivity index (χ1v) is 8.06. The zero-order valence-corrected chi connectivity index (χ0v) is 13.3. The third kappa shape index (κ3) is 3.76. The molecule has 0 atom stereocenters. The topological polar surface area (TPSA) is 83.4 Å². The maximum Gasteiger partial charge on any atom is 0.307 e. The zero-order valence-electron chi connectivity index (χ0n) is 13.3. The minimum Gasteiger partial charge on any atom is -0.481 e. The number of nitrogens with zero attached hydrogens (tertiary/aromatic N) is 3. The van der Waals surface area contributed by atoms with Crippen LogP contribution in [0.5, 0.6) is 0 Å². The maximum atomic E-state index is 12.5. The molecule has 1 N–H and O–H groups in total. The van der Waals surface area contributed by atoms with Crippen LogP contribution in [-0.4, -0.2) is 44.9 Å². The van der Waals surface area contributed by atoms with Crippen LogP contribution in [0.2, 0.25) is 0 Å². The third-order valence-corrected chi connectivity index (χ3v) is 4.08. The molecule has 0 aliphatic carbocycles. The number of carboxylic acid groups (broad SMARTS) is 1. The molecule has 6 nitrogen and oxygen atoms in total. The molecule has 24 heavy (non-hydrogen) atoms. The Kier molecular flexibility index (Phi) is 4.84. The van der Waals surface area contributed by atoms with Gasteiger partial charge in [0.15, 0.2) is 0 Å². The molecule has 2 aromatic rings. The standard InChI is InChI=1S/C18H19N3O3/c22-17(23)10-13-5-4-6-14(9-13)15-11-19-12-16(20-15)18(24)21-7-2-1-3-8-21/h4-6,9,11-12H,1-3,7-8,10H2,(H,22,23). The predicted octanol–water partition coefficient (Wildman–Crippen LogP) is 2.40. The number of amides is 1. The first-order valence-electron chi connectivity index (χ1n) is 8.06. The number of carboxylic acids is 1. The van der Waals surface area contributed by atoms with E-state index in [-0.39, 0.29) is 12.3 Å². The van der Waals surface area contributed by atoms with Gasteiger partial charge >= 0.3 is 5.97 Å². The van der Waals surface area contributed by atoms with Gasteiger partial charge in [0.05, 0.1) is 24.5 Å². The third-order valence-electron chi connectivity index (χ3n) is 4.08. The highest BCUT2D eigenvalue weighted by Gasteiger charge is 2.20. The van der Waals surface area contributed by atoms with Crippen molar-refractivity contribution in [1.82, 2.24) is 14.9 Å². The summed E-state index contributed by atoms with van der Waals surface area (Å²) in [7, 11) is 0. The second-order valence-electron chi connectivity index (χ2n) is 5.91. The van der Waals surface area contributed by atoms with Crippen LogP contribution in [0.3, 0.4) is 0 Å². The molecule has 0 spiro atoms. The second kappa shape index (κ2) is 7.21. The van der Waals surface area contributed by atoms with E-state index in [2.05, 4.69) is 9.97 Å². The highest BCUT2D eigenvalue weighted by atomic mass is 16.4. The highest BCUT2D eigenvalue weighted by Crippen LogP contribution is 2.19. The van der Waals surface area contributed by atoms with Crippen molar-refractivity contribution in [1.29, 1.82) is 0 Å². The van der Waals surface area contributed by atoms with Crippen LogP contribution in [0.4, 0.5) is 0 Å². The summed E-state index contributed by atoms with van der Waals surface area (Å²) in [5.41, 5.74) is 2.35. The van der Waals surface area contributed by atoms with E-state index >= 15 is 0 Å². The van der Waals surface area contributed by atoms with E-state index in [1.165, 1.54) is 6.20 Å². The summed E-state index contributed by atoms with van der Waals surface area (Å²) in [6.07, 6.45) is 6.24. The lowest BCUT2D eigenvalue weighted by atomic mass is 10.1. The maximum absolute atomic E-state index is 12.5. The van der Waals surface area contributed by atoms with E-state index < -0.39 is 5.97 Å². The number of carbonyl (C=O) groups excluding carboxylic acids is 1. The lowest BCUT2D eigenvalue weighted by Gasteiger charge is -2.26. The summed E-state index contributed by atoms with van der Waals surface area (Å²) < 4.78 is 0. The number of likely N-dealkylation sites (tertiary alicyclic amines) is 1. The van der Waals surface area contributed by atoms with Gasteiger partial charge in [0.2, 0.25) is 0 Å². The Labute approximate surface area is 140 Å². The van der Waals surface area contributed by atoms with E-state index in [0.29, 0.717) is 17.0 Å². The van der Waals surface area contributed by atoms with Gasteiger partial charge in [-0.15, -0.1) is 0 Å². The first kappa shape index (κ1) is 16.1. The molecule has 1 fully saturated rings. The van der Waals surface area contributed by atoms with Gasteiger partial charge in [-0.3, -0.25) is 14.6 Å². The van der Waals surface area contributed by atoms with Crippen LogP contribution in [-0.2, 0) is 11.2 Å². The van der Waals surface area contributed by atoms with Crippen molar-refractivity contribution in [3.8, 4) is 11.3 Å². The Morgan fingerprint density at radius 1 is 1.12 bits per heavy atom. The minimum atomic E-state index is -0.882. The van der Waals surface area contributed by atoms with E-state index in [4.69, 9.17) is 5.11 Å². The van der Waals surface area contributed by atoms with Crippen molar-refractivity contribution in [3.05, 3.63) is 47.9 Å². The Morgan fingerprint density at radius 3 is 2.67 bits per heavy atom. The Balaban J connectivity index is 1.85. The fraction of sp³-hybridized carbons (Fsp3) is 0.333. The number of benzene rings is 1. The van der Waals surface area contributed by atoms with Gasteiger partial charge in [0.1, 0.15) is 5.69 Å². The van der Waals surface area contributed by atoms with Crippen molar-refractivity contribution in [3.63, 3.8) is 0 Å². The highest BCUT2D eigenvalue weighted by molar-refractivity contribution is 5.92. The molecule has 3 rings (SSSR count). The Hall–Kier alpha value is -2.76. The molecular formula is C18H19N3O3. The average Bonchev–Trinajstić information content (AvgIpc) is 2.62. The molecule has 0 saturated carbocycles.